The van der Waals surface area contributed by atoms with Gasteiger partial charge in [0.2, 0.25) is 5.91 Å². The van der Waals surface area contributed by atoms with Crippen LogP contribution in [-0.4, -0.2) is 35.9 Å². The lowest BCUT2D eigenvalue weighted by molar-refractivity contribution is -0.117. The van der Waals surface area contributed by atoms with Crippen LogP contribution < -0.4 is 11.1 Å². The van der Waals surface area contributed by atoms with Gasteiger partial charge in [-0.15, -0.1) is 0 Å². The number of rotatable bonds is 5. The Morgan fingerprint density at radius 2 is 1.95 bits per heavy atom. The summed E-state index contributed by atoms with van der Waals surface area (Å²) in [7, 11) is 1.93. The number of nitrogens with two attached hydrogens (primary N) is 1. The van der Waals surface area contributed by atoms with Crippen LogP contribution in [0.3, 0.4) is 0 Å². The van der Waals surface area contributed by atoms with Crippen molar-refractivity contribution in [1.82, 2.24) is 4.90 Å². The standard InChI is InChI=1S/C15H23N3OS/c1-15(2,3)10-18(4)9-13(19)17-12-8-6-5-7-11(12)14(16)20/h5-8H,9-10H2,1-4H3,(H2,16,20)(H,17,19). The SMILES string of the molecule is CN(CC(=O)Nc1ccccc1C(N)=S)CC(C)(C)C. The summed E-state index contributed by atoms with van der Waals surface area (Å²) in [4.78, 5) is 14.3. The van der Waals surface area contributed by atoms with E-state index in [-0.39, 0.29) is 16.3 Å². The Morgan fingerprint density at radius 3 is 2.50 bits per heavy atom. The number of amides is 1. The summed E-state index contributed by atoms with van der Waals surface area (Å²) in [5, 5.41) is 2.86. The first kappa shape index (κ1) is 16.6. The highest BCUT2D eigenvalue weighted by Crippen LogP contribution is 2.16. The molecular weight excluding hydrogens is 270 g/mol. The fourth-order valence-electron chi connectivity index (χ4n) is 2.11. The van der Waals surface area contributed by atoms with Gasteiger partial charge in [0, 0.05) is 12.1 Å². The molecule has 0 unspecified atom stereocenters. The second-order valence-electron chi connectivity index (χ2n) is 6.19. The molecule has 0 atom stereocenters. The van der Waals surface area contributed by atoms with E-state index in [4.69, 9.17) is 18.0 Å². The first-order valence-electron chi connectivity index (χ1n) is 6.56. The molecule has 0 aromatic heterocycles. The van der Waals surface area contributed by atoms with Crippen LogP contribution in [0.25, 0.3) is 0 Å². The molecule has 0 heterocycles. The lowest BCUT2D eigenvalue weighted by Gasteiger charge is -2.26. The minimum absolute atomic E-state index is 0.0690. The van der Waals surface area contributed by atoms with Gasteiger partial charge in [0.1, 0.15) is 4.99 Å². The fraction of sp³-hybridized carbons (Fsp3) is 0.467. The van der Waals surface area contributed by atoms with Crippen LogP contribution in [0.2, 0.25) is 0 Å². The van der Waals surface area contributed by atoms with E-state index in [9.17, 15) is 4.79 Å². The molecule has 110 valence electrons. The van der Waals surface area contributed by atoms with Crippen LogP contribution in [0, 0.1) is 5.41 Å². The molecule has 0 bridgehead atoms. The van der Waals surface area contributed by atoms with Gasteiger partial charge in [-0.3, -0.25) is 9.69 Å². The highest BCUT2D eigenvalue weighted by atomic mass is 32.1. The highest BCUT2D eigenvalue weighted by Gasteiger charge is 2.16. The molecule has 0 spiro atoms. The first-order chi connectivity index (χ1) is 9.19. The maximum atomic E-state index is 12.0. The van der Waals surface area contributed by atoms with Crippen LogP contribution in [0.15, 0.2) is 24.3 Å². The Balaban J connectivity index is 2.66. The van der Waals surface area contributed by atoms with Gasteiger partial charge in [0.15, 0.2) is 0 Å². The largest absolute Gasteiger partial charge is 0.389 e. The fourth-order valence-corrected chi connectivity index (χ4v) is 2.29. The molecule has 20 heavy (non-hydrogen) atoms. The summed E-state index contributed by atoms with van der Waals surface area (Å²) in [6.07, 6.45) is 0. The summed E-state index contributed by atoms with van der Waals surface area (Å²) in [6.45, 7) is 7.61. The highest BCUT2D eigenvalue weighted by molar-refractivity contribution is 7.80. The van der Waals surface area contributed by atoms with Crippen molar-refractivity contribution in [2.45, 2.75) is 20.8 Å². The molecule has 1 aromatic carbocycles. The molecule has 4 nitrogen and oxygen atoms in total. The van der Waals surface area contributed by atoms with Crippen molar-refractivity contribution in [3.8, 4) is 0 Å². The van der Waals surface area contributed by atoms with E-state index in [2.05, 4.69) is 26.1 Å². The number of nitrogens with one attached hydrogen (secondary N) is 1. The van der Waals surface area contributed by atoms with Crippen LogP contribution in [0.4, 0.5) is 5.69 Å². The van der Waals surface area contributed by atoms with Crippen molar-refractivity contribution < 1.29 is 4.79 Å². The predicted octanol–water partition coefficient (Wildman–Crippen LogP) is 2.24. The summed E-state index contributed by atoms with van der Waals surface area (Å²) < 4.78 is 0. The maximum Gasteiger partial charge on any atom is 0.238 e. The summed E-state index contributed by atoms with van der Waals surface area (Å²) >= 11 is 4.98. The predicted molar refractivity (Wildman–Crippen MR) is 87.9 cm³/mol. The molecule has 0 fully saturated rings. The number of likely N-dealkylation sites (N-methyl/N-ethyl adjacent to an activating group) is 1. The second-order valence-corrected chi connectivity index (χ2v) is 6.63. The van der Waals surface area contributed by atoms with E-state index in [1.54, 1.807) is 12.1 Å². The van der Waals surface area contributed by atoms with Crippen LogP contribution in [-0.2, 0) is 4.79 Å². The number of carbonyl (C=O) groups is 1. The Labute approximate surface area is 126 Å². The number of carbonyl (C=O) groups excluding carboxylic acids is 1. The third-order valence-electron chi connectivity index (χ3n) is 2.62. The number of hydrogen-bond acceptors (Lipinski definition) is 3. The molecule has 0 aliphatic heterocycles. The number of nitrogens with zero attached hydrogens (tertiary/aromatic N) is 1. The van der Waals surface area contributed by atoms with Gasteiger partial charge in [0.05, 0.1) is 12.2 Å². The van der Waals surface area contributed by atoms with Crippen LogP contribution in [0.1, 0.15) is 26.3 Å². The van der Waals surface area contributed by atoms with Crippen LogP contribution >= 0.6 is 12.2 Å². The van der Waals surface area contributed by atoms with Gasteiger partial charge in [-0.2, -0.15) is 0 Å². The van der Waals surface area contributed by atoms with Crippen molar-refractivity contribution in [3.63, 3.8) is 0 Å². The number of anilines is 1. The number of thiocarbonyl (C=S) groups is 1. The Morgan fingerprint density at radius 1 is 1.35 bits per heavy atom. The van der Waals surface area contributed by atoms with E-state index in [1.165, 1.54) is 0 Å². The molecular formula is C15H23N3OS. The summed E-state index contributed by atoms with van der Waals surface area (Å²) in [5.41, 5.74) is 7.15. The number of para-hydroxylation sites is 1. The molecule has 0 aliphatic rings. The lowest BCUT2D eigenvalue weighted by Crippen LogP contribution is -2.36. The zero-order valence-electron chi connectivity index (χ0n) is 12.6. The summed E-state index contributed by atoms with van der Waals surface area (Å²) in [6, 6.07) is 7.29. The van der Waals surface area contributed by atoms with E-state index >= 15 is 0 Å². The lowest BCUT2D eigenvalue weighted by atomic mass is 9.96. The maximum absolute atomic E-state index is 12.0. The Kier molecular flexibility index (Phi) is 5.65. The zero-order valence-corrected chi connectivity index (χ0v) is 13.4. The Hall–Kier alpha value is -1.46. The normalized spacial score (nSPS) is 11.4. The molecule has 1 amide bonds. The third kappa shape index (κ3) is 5.67. The molecule has 0 saturated carbocycles. The van der Waals surface area contributed by atoms with Gasteiger partial charge < -0.3 is 11.1 Å². The van der Waals surface area contributed by atoms with Gasteiger partial charge in [0.25, 0.3) is 0 Å². The van der Waals surface area contributed by atoms with Crippen molar-refractivity contribution >= 4 is 28.8 Å². The smallest absolute Gasteiger partial charge is 0.238 e. The molecule has 0 aliphatic carbocycles. The van der Waals surface area contributed by atoms with E-state index < -0.39 is 0 Å². The monoisotopic (exact) mass is 293 g/mol. The van der Waals surface area contributed by atoms with Gasteiger partial charge in [-0.05, 0) is 24.6 Å². The zero-order chi connectivity index (χ0) is 15.3. The molecule has 0 radical (unpaired) electrons. The van der Waals surface area contributed by atoms with Gasteiger partial charge in [-0.1, -0.05) is 45.1 Å². The molecule has 1 aromatic rings. The minimum atomic E-state index is -0.0690. The second kappa shape index (κ2) is 6.81. The van der Waals surface area contributed by atoms with E-state index in [1.807, 2.05) is 24.1 Å². The van der Waals surface area contributed by atoms with Crippen molar-refractivity contribution in [2.75, 3.05) is 25.5 Å². The van der Waals surface area contributed by atoms with Crippen molar-refractivity contribution in [3.05, 3.63) is 29.8 Å². The molecule has 3 N–H and O–H groups in total. The average molecular weight is 293 g/mol. The third-order valence-corrected chi connectivity index (χ3v) is 2.84. The van der Waals surface area contributed by atoms with Gasteiger partial charge in [-0.25, -0.2) is 0 Å². The average Bonchev–Trinajstić information content (AvgIpc) is 2.26. The number of benzene rings is 1. The Bertz CT molecular complexity index is 494. The number of hydrogen-bond donors (Lipinski definition) is 2. The van der Waals surface area contributed by atoms with E-state index in [0.29, 0.717) is 17.8 Å². The van der Waals surface area contributed by atoms with Crippen LogP contribution in [0.5, 0.6) is 0 Å². The topological polar surface area (TPSA) is 58.4 Å². The van der Waals surface area contributed by atoms with Crippen molar-refractivity contribution in [1.29, 1.82) is 0 Å². The first-order valence-corrected chi connectivity index (χ1v) is 6.97. The van der Waals surface area contributed by atoms with Gasteiger partial charge >= 0.3 is 0 Å². The van der Waals surface area contributed by atoms with E-state index in [0.717, 1.165) is 6.54 Å². The molecule has 5 heteroatoms. The minimum Gasteiger partial charge on any atom is -0.389 e. The summed E-state index contributed by atoms with van der Waals surface area (Å²) in [5.74, 6) is -0.0690. The molecule has 1 rings (SSSR count). The quantitative estimate of drug-likeness (QED) is 0.818. The van der Waals surface area contributed by atoms with Crippen molar-refractivity contribution in [2.24, 2.45) is 11.1 Å². The molecule has 0 saturated heterocycles.